The monoisotopic (exact) mass is 354 g/mol. The summed E-state index contributed by atoms with van der Waals surface area (Å²) in [5, 5.41) is 0. The largest absolute Gasteiger partial charge is 0.331 e. The van der Waals surface area contributed by atoms with E-state index in [-0.39, 0.29) is 0 Å². The number of benzene rings is 1. The lowest BCUT2D eigenvalue weighted by Crippen LogP contribution is -1.94. The van der Waals surface area contributed by atoms with Crippen molar-refractivity contribution in [2.24, 2.45) is 7.05 Å². The van der Waals surface area contributed by atoms with Crippen molar-refractivity contribution in [2.45, 2.75) is 13.8 Å². The van der Waals surface area contributed by atoms with Gasteiger partial charge < -0.3 is 4.57 Å². The fraction of sp³-hybridized carbons (Fsp3) is 0.143. The van der Waals surface area contributed by atoms with E-state index in [4.69, 9.17) is 4.98 Å². The van der Waals surface area contributed by atoms with Crippen LogP contribution in [0.15, 0.2) is 54.9 Å². The highest BCUT2D eigenvalue weighted by Gasteiger charge is 2.18. The lowest BCUT2D eigenvalue weighted by Gasteiger charge is -2.07. The molecule has 4 aromatic heterocycles. The van der Waals surface area contributed by atoms with Crippen LogP contribution in [0.3, 0.4) is 0 Å². The molecule has 5 aromatic rings. The van der Waals surface area contributed by atoms with E-state index in [2.05, 4.69) is 37.7 Å². The number of imidazole rings is 2. The van der Waals surface area contributed by atoms with Gasteiger partial charge in [-0.05, 0) is 44.2 Å². The summed E-state index contributed by atoms with van der Waals surface area (Å²) in [6.45, 7) is 4.00. The second-order valence-corrected chi connectivity index (χ2v) is 6.68. The third kappa shape index (κ3) is 2.41. The smallest absolute Gasteiger partial charge is 0.234 e. The second-order valence-electron chi connectivity index (χ2n) is 6.68. The van der Waals surface area contributed by atoms with Gasteiger partial charge in [0.25, 0.3) is 0 Å². The molecule has 27 heavy (non-hydrogen) atoms. The van der Waals surface area contributed by atoms with E-state index in [1.165, 1.54) is 0 Å². The minimum atomic E-state index is 0.659. The molecule has 0 aliphatic heterocycles. The summed E-state index contributed by atoms with van der Waals surface area (Å²) >= 11 is 0. The third-order valence-electron chi connectivity index (χ3n) is 4.91. The molecule has 0 bridgehead atoms. The lowest BCUT2D eigenvalue weighted by atomic mass is 10.1. The van der Waals surface area contributed by atoms with Crippen molar-refractivity contribution < 1.29 is 0 Å². The van der Waals surface area contributed by atoms with E-state index in [1.54, 1.807) is 6.20 Å². The van der Waals surface area contributed by atoms with Crippen LogP contribution in [-0.4, -0.2) is 28.9 Å². The summed E-state index contributed by atoms with van der Waals surface area (Å²) < 4.78 is 4.12. The number of hydrogen-bond donors (Lipinski definition) is 0. The Balaban J connectivity index is 1.84. The molecule has 132 valence electrons. The lowest BCUT2D eigenvalue weighted by molar-refractivity contribution is 0.886. The SMILES string of the molecule is Cc1cccc(-c2nc3ncccn3c2-c2ccc3nc(C)n(C)c3c2)n1. The van der Waals surface area contributed by atoms with Gasteiger partial charge in [0.1, 0.15) is 11.5 Å². The average molecular weight is 354 g/mol. The molecular weight excluding hydrogens is 336 g/mol. The summed E-state index contributed by atoms with van der Waals surface area (Å²) in [7, 11) is 2.04. The normalized spacial score (nSPS) is 11.5. The van der Waals surface area contributed by atoms with Crippen LogP contribution < -0.4 is 0 Å². The number of hydrogen-bond acceptors (Lipinski definition) is 4. The molecule has 4 heterocycles. The molecule has 0 aliphatic carbocycles. The van der Waals surface area contributed by atoms with E-state index in [0.29, 0.717) is 5.78 Å². The Bertz CT molecular complexity index is 1310. The van der Waals surface area contributed by atoms with Crippen LogP contribution in [-0.2, 0) is 7.05 Å². The Kier molecular flexibility index (Phi) is 3.33. The highest BCUT2D eigenvalue weighted by atomic mass is 15.1. The number of fused-ring (bicyclic) bond motifs is 2. The van der Waals surface area contributed by atoms with Crippen LogP contribution in [0.4, 0.5) is 0 Å². The topological polar surface area (TPSA) is 60.9 Å². The summed E-state index contributed by atoms with van der Waals surface area (Å²) in [6, 6.07) is 14.2. The molecule has 6 nitrogen and oxygen atoms in total. The molecule has 0 aliphatic rings. The summed E-state index contributed by atoms with van der Waals surface area (Å²) in [6.07, 6.45) is 3.75. The van der Waals surface area contributed by atoms with Crippen molar-refractivity contribution in [1.82, 2.24) is 28.9 Å². The van der Waals surface area contributed by atoms with Crippen LogP contribution in [0, 0.1) is 13.8 Å². The van der Waals surface area contributed by atoms with Gasteiger partial charge in [-0.1, -0.05) is 12.1 Å². The van der Waals surface area contributed by atoms with Crippen LogP contribution >= 0.6 is 0 Å². The van der Waals surface area contributed by atoms with E-state index in [9.17, 15) is 0 Å². The molecule has 6 heteroatoms. The maximum absolute atomic E-state index is 4.78. The van der Waals surface area contributed by atoms with Crippen molar-refractivity contribution in [2.75, 3.05) is 0 Å². The molecule has 0 amide bonds. The zero-order valence-electron chi connectivity index (χ0n) is 15.4. The van der Waals surface area contributed by atoms with Crippen LogP contribution in [0.5, 0.6) is 0 Å². The third-order valence-corrected chi connectivity index (χ3v) is 4.91. The van der Waals surface area contributed by atoms with Gasteiger partial charge in [-0.15, -0.1) is 0 Å². The number of nitrogens with zero attached hydrogens (tertiary/aromatic N) is 6. The van der Waals surface area contributed by atoms with Crippen LogP contribution in [0.25, 0.3) is 39.5 Å². The molecule has 0 fully saturated rings. The van der Waals surface area contributed by atoms with Gasteiger partial charge in [0.2, 0.25) is 5.78 Å². The molecular formula is C21H18N6. The number of aryl methyl sites for hydroxylation is 3. The fourth-order valence-electron chi connectivity index (χ4n) is 3.47. The van der Waals surface area contributed by atoms with Gasteiger partial charge >= 0.3 is 0 Å². The molecule has 0 saturated carbocycles. The van der Waals surface area contributed by atoms with Crippen molar-refractivity contribution in [3.05, 3.63) is 66.4 Å². The summed E-state index contributed by atoms with van der Waals surface area (Å²) in [5.41, 5.74) is 6.75. The zero-order chi connectivity index (χ0) is 18.5. The Morgan fingerprint density at radius 3 is 2.67 bits per heavy atom. The van der Waals surface area contributed by atoms with Gasteiger partial charge in [-0.25, -0.2) is 15.0 Å². The first-order valence-corrected chi connectivity index (χ1v) is 8.82. The quantitative estimate of drug-likeness (QED) is 0.481. The molecule has 0 N–H and O–H groups in total. The van der Waals surface area contributed by atoms with Crippen molar-refractivity contribution in [3.63, 3.8) is 0 Å². The van der Waals surface area contributed by atoms with Crippen LogP contribution in [0.2, 0.25) is 0 Å². The summed E-state index contributed by atoms with van der Waals surface area (Å²) in [5.74, 6) is 1.65. The van der Waals surface area contributed by atoms with E-state index in [1.807, 2.05) is 55.8 Å². The minimum absolute atomic E-state index is 0.659. The van der Waals surface area contributed by atoms with Gasteiger partial charge in [-0.3, -0.25) is 9.38 Å². The number of rotatable bonds is 2. The van der Waals surface area contributed by atoms with Crippen molar-refractivity contribution in [3.8, 4) is 22.6 Å². The number of aromatic nitrogens is 6. The predicted molar refractivity (Wildman–Crippen MR) is 105 cm³/mol. The minimum Gasteiger partial charge on any atom is -0.331 e. The highest BCUT2D eigenvalue weighted by molar-refractivity contribution is 5.87. The Morgan fingerprint density at radius 1 is 0.926 bits per heavy atom. The molecule has 0 saturated heterocycles. The number of pyridine rings is 1. The molecule has 0 radical (unpaired) electrons. The van der Waals surface area contributed by atoms with Crippen LogP contribution in [0.1, 0.15) is 11.5 Å². The zero-order valence-corrected chi connectivity index (χ0v) is 15.4. The Labute approximate surface area is 156 Å². The van der Waals surface area contributed by atoms with Crippen molar-refractivity contribution >= 4 is 16.8 Å². The van der Waals surface area contributed by atoms with Gasteiger partial charge in [-0.2, -0.15) is 0 Å². The first-order valence-electron chi connectivity index (χ1n) is 8.82. The fourth-order valence-corrected chi connectivity index (χ4v) is 3.47. The maximum Gasteiger partial charge on any atom is 0.234 e. The molecule has 0 atom stereocenters. The van der Waals surface area contributed by atoms with E-state index >= 15 is 0 Å². The van der Waals surface area contributed by atoms with E-state index in [0.717, 1.165) is 45.2 Å². The molecule has 0 spiro atoms. The molecule has 0 unspecified atom stereocenters. The molecule has 1 aromatic carbocycles. The Hall–Kier alpha value is -3.54. The average Bonchev–Trinajstić information content (AvgIpc) is 3.20. The first-order chi connectivity index (χ1) is 13.1. The Morgan fingerprint density at radius 2 is 1.81 bits per heavy atom. The first kappa shape index (κ1) is 15.7. The maximum atomic E-state index is 4.78. The van der Waals surface area contributed by atoms with Gasteiger partial charge in [0.05, 0.1) is 22.4 Å². The predicted octanol–water partition coefficient (Wildman–Crippen LogP) is 3.96. The standard InChI is InChI=1S/C21H18N6/c1-13-6-4-7-17(23-13)19-20(27-11-5-10-22-21(27)25-19)15-8-9-16-18(12-15)26(3)14(2)24-16/h4-12H,1-3H3. The highest BCUT2D eigenvalue weighted by Crippen LogP contribution is 2.33. The second kappa shape index (κ2) is 5.74. The van der Waals surface area contributed by atoms with E-state index < -0.39 is 0 Å². The van der Waals surface area contributed by atoms with Gasteiger partial charge in [0, 0.05) is 30.7 Å². The summed E-state index contributed by atoms with van der Waals surface area (Å²) in [4.78, 5) is 18.5. The van der Waals surface area contributed by atoms with Crippen molar-refractivity contribution in [1.29, 1.82) is 0 Å². The molecule has 5 rings (SSSR count). The van der Waals surface area contributed by atoms with Gasteiger partial charge in [0.15, 0.2) is 0 Å².